The number of benzene rings is 2. The number of aryl methyl sites for hydroxylation is 1. The zero-order valence-electron chi connectivity index (χ0n) is 13.0. The molecule has 0 fully saturated rings. The second kappa shape index (κ2) is 7.05. The van der Waals surface area contributed by atoms with Crippen molar-refractivity contribution in [1.82, 2.24) is 5.32 Å². The third kappa shape index (κ3) is 3.94. The molecule has 0 aromatic heterocycles. The normalized spacial score (nSPS) is 12.0. The van der Waals surface area contributed by atoms with Gasteiger partial charge in [0.1, 0.15) is 5.75 Å². The van der Waals surface area contributed by atoms with Crippen LogP contribution in [-0.4, -0.2) is 25.9 Å². The Labute approximate surface area is 135 Å². The van der Waals surface area contributed by atoms with Crippen molar-refractivity contribution in [3.05, 3.63) is 53.6 Å². The standard InChI is InChI=1S/C18H19NO4/c1-13-4-2-3-5-14(13)8-9-19-18(20)11-21-15-6-7-16-17(10-15)23-12-22-16/h2-7,10H,8-9,11-12H2,1H3,(H,19,20). The highest BCUT2D eigenvalue weighted by Gasteiger charge is 2.14. The number of rotatable bonds is 6. The van der Waals surface area contributed by atoms with Crippen molar-refractivity contribution in [1.29, 1.82) is 0 Å². The average molecular weight is 313 g/mol. The Hall–Kier alpha value is -2.69. The van der Waals surface area contributed by atoms with E-state index in [1.54, 1.807) is 18.2 Å². The van der Waals surface area contributed by atoms with E-state index in [2.05, 4.69) is 24.4 Å². The second-order valence-electron chi connectivity index (χ2n) is 5.33. The van der Waals surface area contributed by atoms with E-state index in [-0.39, 0.29) is 19.3 Å². The monoisotopic (exact) mass is 313 g/mol. The van der Waals surface area contributed by atoms with Gasteiger partial charge in [-0.3, -0.25) is 4.79 Å². The number of nitrogens with one attached hydrogen (secondary N) is 1. The lowest BCUT2D eigenvalue weighted by atomic mass is 10.1. The zero-order valence-corrected chi connectivity index (χ0v) is 13.0. The highest BCUT2D eigenvalue weighted by Crippen LogP contribution is 2.34. The lowest BCUT2D eigenvalue weighted by Gasteiger charge is -2.09. The summed E-state index contributed by atoms with van der Waals surface area (Å²) in [6.07, 6.45) is 0.808. The summed E-state index contributed by atoms with van der Waals surface area (Å²) in [7, 11) is 0. The predicted octanol–water partition coefficient (Wildman–Crippen LogP) is 2.46. The van der Waals surface area contributed by atoms with Crippen molar-refractivity contribution < 1.29 is 19.0 Å². The first kappa shape index (κ1) is 15.2. The Morgan fingerprint density at radius 1 is 1.17 bits per heavy atom. The summed E-state index contributed by atoms with van der Waals surface area (Å²) in [5.74, 6) is 1.78. The molecule has 1 amide bonds. The molecule has 0 radical (unpaired) electrons. The largest absolute Gasteiger partial charge is 0.484 e. The predicted molar refractivity (Wildman–Crippen MR) is 86.0 cm³/mol. The summed E-state index contributed by atoms with van der Waals surface area (Å²) in [5, 5.41) is 2.86. The van der Waals surface area contributed by atoms with Gasteiger partial charge in [-0.2, -0.15) is 0 Å². The van der Waals surface area contributed by atoms with E-state index in [9.17, 15) is 4.79 Å². The first-order valence-corrected chi connectivity index (χ1v) is 7.56. The number of carbonyl (C=O) groups is 1. The highest BCUT2D eigenvalue weighted by atomic mass is 16.7. The van der Waals surface area contributed by atoms with Crippen LogP contribution in [0.3, 0.4) is 0 Å². The van der Waals surface area contributed by atoms with Crippen LogP contribution in [0.2, 0.25) is 0 Å². The van der Waals surface area contributed by atoms with E-state index < -0.39 is 0 Å². The summed E-state index contributed by atoms with van der Waals surface area (Å²) < 4.78 is 16.0. The summed E-state index contributed by atoms with van der Waals surface area (Å²) in [6.45, 7) is 2.86. The Morgan fingerprint density at radius 3 is 2.87 bits per heavy atom. The molecular formula is C18H19NO4. The minimum Gasteiger partial charge on any atom is -0.484 e. The number of amides is 1. The molecule has 23 heavy (non-hydrogen) atoms. The van der Waals surface area contributed by atoms with Gasteiger partial charge in [-0.15, -0.1) is 0 Å². The van der Waals surface area contributed by atoms with Crippen LogP contribution < -0.4 is 19.5 Å². The summed E-state index contributed by atoms with van der Waals surface area (Å²) >= 11 is 0. The first-order valence-electron chi connectivity index (χ1n) is 7.56. The van der Waals surface area contributed by atoms with E-state index >= 15 is 0 Å². The minimum atomic E-state index is -0.142. The molecule has 120 valence electrons. The van der Waals surface area contributed by atoms with Crippen molar-refractivity contribution >= 4 is 5.91 Å². The fourth-order valence-corrected chi connectivity index (χ4v) is 2.39. The first-order chi connectivity index (χ1) is 11.2. The Balaban J connectivity index is 1.42. The van der Waals surface area contributed by atoms with Crippen molar-refractivity contribution in [3.63, 3.8) is 0 Å². The van der Waals surface area contributed by atoms with Crippen molar-refractivity contribution in [2.45, 2.75) is 13.3 Å². The molecule has 0 unspecified atom stereocenters. The molecule has 1 aliphatic rings. The summed E-state index contributed by atoms with van der Waals surface area (Å²) in [5.41, 5.74) is 2.47. The van der Waals surface area contributed by atoms with E-state index in [1.807, 2.05) is 12.1 Å². The van der Waals surface area contributed by atoms with E-state index in [4.69, 9.17) is 14.2 Å². The maximum atomic E-state index is 11.8. The van der Waals surface area contributed by atoms with Gasteiger partial charge in [0.25, 0.3) is 5.91 Å². The highest BCUT2D eigenvalue weighted by molar-refractivity contribution is 5.77. The lowest BCUT2D eigenvalue weighted by molar-refractivity contribution is -0.123. The molecule has 3 rings (SSSR count). The smallest absolute Gasteiger partial charge is 0.257 e. The van der Waals surface area contributed by atoms with Crippen molar-refractivity contribution in [2.24, 2.45) is 0 Å². The van der Waals surface area contributed by atoms with Crippen molar-refractivity contribution in [3.8, 4) is 17.2 Å². The van der Waals surface area contributed by atoms with Crippen molar-refractivity contribution in [2.75, 3.05) is 19.9 Å². The van der Waals surface area contributed by atoms with Gasteiger partial charge in [-0.25, -0.2) is 0 Å². The van der Waals surface area contributed by atoms with Gasteiger partial charge < -0.3 is 19.5 Å². The number of hydrogen-bond acceptors (Lipinski definition) is 4. The topological polar surface area (TPSA) is 56.8 Å². The molecule has 5 nitrogen and oxygen atoms in total. The van der Waals surface area contributed by atoms with Crippen LogP contribution in [-0.2, 0) is 11.2 Å². The lowest BCUT2D eigenvalue weighted by Crippen LogP contribution is -2.30. The van der Waals surface area contributed by atoms with Gasteiger partial charge in [-0.05, 0) is 36.6 Å². The molecule has 1 aliphatic heterocycles. The average Bonchev–Trinajstić information content (AvgIpc) is 3.02. The summed E-state index contributed by atoms with van der Waals surface area (Å²) in [6, 6.07) is 13.4. The van der Waals surface area contributed by atoms with Crippen LogP contribution in [0.4, 0.5) is 0 Å². The van der Waals surface area contributed by atoms with E-state index in [1.165, 1.54) is 11.1 Å². The van der Waals surface area contributed by atoms with E-state index in [0.29, 0.717) is 23.8 Å². The molecule has 1 N–H and O–H groups in total. The van der Waals surface area contributed by atoms with Crippen LogP contribution in [0.15, 0.2) is 42.5 Å². The molecule has 5 heteroatoms. The zero-order chi connectivity index (χ0) is 16.1. The van der Waals surface area contributed by atoms with Gasteiger partial charge in [-0.1, -0.05) is 24.3 Å². The number of ether oxygens (including phenoxy) is 3. The van der Waals surface area contributed by atoms with Crippen LogP contribution in [0, 0.1) is 6.92 Å². The molecule has 0 spiro atoms. The number of fused-ring (bicyclic) bond motifs is 1. The molecule has 0 aliphatic carbocycles. The fourth-order valence-electron chi connectivity index (χ4n) is 2.39. The Bertz CT molecular complexity index is 699. The summed E-state index contributed by atoms with van der Waals surface area (Å²) in [4.78, 5) is 11.8. The van der Waals surface area contributed by atoms with Crippen LogP contribution in [0.5, 0.6) is 17.2 Å². The third-order valence-corrected chi connectivity index (χ3v) is 3.69. The molecule has 2 aromatic carbocycles. The quantitative estimate of drug-likeness (QED) is 0.890. The van der Waals surface area contributed by atoms with E-state index in [0.717, 1.165) is 6.42 Å². The molecule has 1 heterocycles. The van der Waals surface area contributed by atoms with Crippen LogP contribution >= 0.6 is 0 Å². The fraction of sp³-hybridized carbons (Fsp3) is 0.278. The Kier molecular flexibility index (Phi) is 4.66. The number of carbonyl (C=O) groups excluding carboxylic acids is 1. The maximum Gasteiger partial charge on any atom is 0.257 e. The molecule has 0 saturated heterocycles. The molecular weight excluding hydrogens is 294 g/mol. The molecule has 0 saturated carbocycles. The third-order valence-electron chi connectivity index (χ3n) is 3.69. The SMILES string of the molecule is Cc1ccccc1CCNC(=O)COc1ccc2c(c1)OCO2. The second-order valence-corrected chi connectivity index (χ2v) is 5.33. The molecule has 0 atom stereocenters. The van der Waals surface area contributed by atoms with Gasteiger partial charge >= 0.3 is 0 Å². The van der Waals surface area contributed by atoms with Crippen LogP contribution in [0.1, 0.15) is 11.1 Å². The van der Waals surface area contributed by atoms with Gasteiger partial charge in [0.2, 0.25) is 6.79 Å². The van der Waals surface area contributed by atoms with Gasteiger partial charge in [0.05, 0.1) is 0 Å². The molecule has 2 aromatic rings. The Morgan fingerprint density at radius 2 is 2.00 bits per heavy atom. The van der Waals surface area contributed by atoms with Crippen LogP contribution in [0.25, 0.3) is 0 Å². The minimum absolute atomic E-state index is 0.0204. The maximum absolute atomic E-state index is 11.8. The van der Waals surface area contributed by atoms with Gasteiger partial charge in [0, 0.05) is 12.6 Å². The molecule has 0 bridgehead atoms. The number of hydrogen-bond donors (Lipinski definition) is 1. The van der Waals surface area contributed by atoms with Gasteiger partial charge in [0.15, 0.2) is 18.1 Å².